The fraction of sp³-hybridized carbons (Fsp3) is 0.360. The van der Waals surface area contributed by atoms with Crippen LogP contribution < -0.4 is 5.32 Å². The molecular formula is C25H29N3O3S. The number of rotatable bonds is 10. The Labute approximate surface area is 193 Å². The van der Waals surface area contributed by atoms with Crippen LogP contribution in [0, 0.1) is 0 Å². The molecule has 0 bridgehead atoms. The third kappa shape index (κ3) is 6.79. The molecule has 32 heavy (non-hydrogen) atoms. The number of hydrogen-bond acceptors (Lipinski definition) is 5. The van der Waals surface area contributed by atoms with Crippen molar-refractivity contribution in [3.63, 3.8) is 0 Å². The van der Waals surface area contributed by atoms with Crippen molar-refractivity contribution in [1.82, 2.24) is 15.2 Å². The van der Waals surface area contributed by atoms with Crippen LogP contribution in [0.1, 0.15) is 56.6 Å². The number of unbranched alkanes of at least 4 members (excludes halogenated alkanes) is 4. The molecule has 1 aliphatic rings. The van der Waals surface area contributed by atoms with Crippen molar-refractivity contribution >= 4 is 34.9 Å². The highest BCUT2D eigenvalue weighted by Crippen LogP contribution is 2.26. The van der Waals surface area contributed by atoms with Crippen molar-refractivity contribution in [2.24, 2.45) is 0 Å². The summed E-state index contributed by atoms with van der Waals surface area (Å²) < 4.78 is 0. The first-order valence-electron chi connectivity index (χ1n) is 11.0. The van der Waals surface area contributed by atoms with E-state index in [-0.39, 0.29) is 17.1 Å². The van der Waals surface area contributed by atoms with Gasteiger partial charge in [-0.25, -0.2) is 0 Å². The number of thioether (sulfide) groups is 1. The number of nitrogens with zero attached hydrogens (tertiary/aromatic N) is 2. The molecule has 1 N–H and O–H groups in total. The largest absolute Gasteiger partial charge is 0.341 e. The van der Waals surface area contributed by atoms with Gasteiger partial charge in [-0.2, -0.15) is 0 Å². The number of nitrogens with one attached hydrogen (secondary N) is 1. The molecule has 1 aromatic heterocycles. The van der Waals surface area contributed by atoms with Crippen LogP contribution in [0.5, 0.6) is 0 Å². The normalized spacial score (nSPS) is 14.6. The van der Waals surface area contributed by atoms with Crippen LogP contribution in [0.3, 0.4) is 0 Å². The molecule has 168 valence electrons. The predicted molar refractivity (Wildman–Crippen MR) is 129 cm³/mol. The summed E-state index contributed by atoms with van der Waals surface area (Å²) in [6.07, 6.45) is 9.63. The summed E-state index contributed by atoms with van der Waals surface area (Å²) >= 11 is 0.889. The van der Waals surface area contributed by atoms with Gasteiger partial charge in [0, 0.05) is 31.8 Å². The zero-order valence-corrected chi connectivity index (χ0v) is 19.4. The Morgan fingerprint density at radius 2 is 1.94 bits per heavy atom. The maximum atomic E-state index is 12.4. The molecule has 1 aliphatic heterocycles. The number of aromatic nitrogens is 1. The van der Waals surface area contributed by atoms with E-state index in [4.69, 9.17) is 0 Å². The summed E-state index contributed by atoms with van der Waals surface area (Å²) in [6.45, 7) is 2.75. The molecule has 1 saturated heterocycles. The lowest BCUT2D eigenvalue weighted by molar-refractivity contribution is -0.130. The Bertz CT molecular complexity index is 1000. The summed E-state index contributed by atoms with van der Waals surface area (Å²) in [5, 5.41) is 1.88. The van der Waals surface area contributed by atoms with E-state index in [9.17, 15) is 14.4 Å². The number of benzene rings is 1. The molecule has 0 radical (unpaired) electrons. The fourth-order valence-electron chi connectivity index (χ4n) is 3.50. The monoisotopic (exact) mass is 451 g/mol. The molecule has 6 nitrogen and oxygen atoms in total. The minimum atomic E-state index is -0.378. The first kappa shape index (κ1) is 23.7. The second kappa shape index (κ2) is 11.6. The van der Waals surface area contributed by atoms with Crippen molar-refractivity contribution in [1.29, 1.82) is 0 Å². The zero-order chi connectivity index (χ0) is 22.9. The highest BCUT2D eigenvalue weighted by Gasteiger charge is 2.24. The summed E-state index contributed by atoms with van der Waals surface area (Å²) in [4.78, 5) is 42.0. The minimum absolute atomic E-state index is 0.176. The van der Waals surface area contributed by atoms with Gasteiger partial charge in [-0.15, -0.1) is 0 Å². The first-order valence-corrected chi connectivity index (χ1v) is 11.8. The number of carbonyl (C=O) groups is 3. The third-order valence-corrected chi connectivity index (χ3v) is 6.10. The molecule has 1 aromatic carbocycles. The fourth-order valence-corrected chi connectivity index (χ4v) is 4.18. The Morgan fingerprint density at radius 3 is 2.62 bits per heavy atom. The van der Waals surface area contributed by atoms with Crippen LogP contribution in [0.15, 0.2) is 47.5 Å². The van der Waals surface area contributed by atoms with Gasteiger partial charge >= 0.3 is 0 Å². The predicted octanol–water partition coefficient (Wildman–Crippen LogP) is 5.39. The summed E-state index contributed by atoms with van der Waals surface area (Å²) in [6, 6.07) is 11.8. The first-order chi connectivity index (χ1) is 15.5. The Hall–Kier alpha value is -2.93. The van der Waals surface area contributed by atoms with E-state index in [0.29, 0.717) is 17.9 Å². The molecule has 0 atom stereocenters. The van der Waals surface area contributed by atoms with Crippen LogP contribution in [0.25, 0.3) is 17.3 Å². The number of carbonyl (C=O) groups excluding carboxylic acids is 3. The lowest BCUT2D eigenvalue weighted by Gasteiger charge is -2.18. The standard InChI is InChI=1S/C25H29N3O3S/c1-3-4-5-6-7-11-23(29)28(2)17-19-9-8-10-20(14-19)21-13-12-18(16-26-21)15-22-24(30)27-25(31)32-22/h8-10,12-16H,3-7,11,17H2,1-2H3,(H,27,30,31). The van der Waals surface area contributed by atoms with E-state index in [2.05, 4.69) is 17.2 Å². The van der Waals surface area contributed by atoms with E-state index in [1.165, 1.54) is 19.3 Å². The van der Waals surface area contributed by atoms with E-state index in [1.54, 1.807) is 17.2 Å². The van der Waals surface area contributed by atoms with Crippen molar-refractivity contribution in [3.8, 4) is 11.3 Å². The van der Waals surface area contributed by atoms with E-state index >= 15 is 0 Å². The Balaban J connectivity index is 1.59. The second-order valence-electron chi connectivity index (χ2n) is 7.94. The summed E-state index contributed by atoms with van der Waals surface area (Å²) in [5.74, 6) is -0.203. The smallest absolute Gasteiger partial charge is 0.290 e. The van der Waals surface area contributed by atoms with Gasteiger partial charge in [0.25, 0.3) is 11.1 Å². The van der Waals surface area contributed by atoms with Crippen LogP contribution >= 0.6 is 11.8 Å². The molecule has 3 rings (SSSR count). The number of imide groups is 1. The highest BCUT2D eigenvalue weighted by atomic mass is 32.2. The van der Waals surface area contributed by atoms with Gasteiger partial charge in [0.1, 0.15) is 0 Å². The maximum absolute atomic E-state index is 12.4. The third-order valence-electron chi connectivity index (χ3n) is 5.29. The minimum Gasteiger partial charge on any atom is -0.341 e. The SMILES string of the molecule is CCCCCCCC(=O)N(C)Cc1cccc(-c2ccc(C=C3SC(=O)NC3=O)cn2)c1. The molecule has 2 aromatic rings. The van der Waals surface area contributed by atoms with Gasteiger partial charge in [0.05, 0.1) is 10.6 Å². The zero-order valence-electron chi connectivity index (χ0n) is 18.6. The lowest BCUT2D eigenvalue weighted by atomic mass is 10.1. The van der Waals surface area contributed by atoms with Gasteiger partial charge in [-0.05, 0) is 47.5 Å². The topological polar surface area (TPSA) is 79.4 Å². The van der Waals surface area contributed by atoms with Gasteiger partial charge in [-0.1, -0.05) is 56.9 Å². The van der Waals surface area contributed by atoms with Crippen molar-refractivity contribution in [2.75, 3.05) is 7.05 Å². The van der Waals surface area contributed by atoms with Crippen LogP contribution in [-0.2, 0) is 16.1 Å². The molecule has 1 fully saturated rings. The Morgan fingerprint density at radius 1 is 1.12 bits per heavy atom. The number of amides is 3. The van der Waals surface area contributed by atoms with E-state index < -0.39 is 0 Å². The second-order valence-corrected chi connectivity index (χ2v) is 8.96. The van der Waals surface area contributed by atoms with Crippen molar-refractivity contribution < 1.29 is 14.4 Å². The van der Waals surface area contributed by atoms with Gasteiger partial charge in [0.2, 0.25) is 5.91 Å². The lowest BCUT2D eigenvalue weighted by Crippen LogP contribution is -2.25. The molecule has 0 unspecified atom stereocenters. The summed E-state index contributed by atoms with van der Waals surface area (Å²) in [5.41, 5.74) is 3.57. The van der Waals surface area contributed by atoms with Crippen LogP contribution in [0.4, 0.5) is 4.79 Å². The van der Waals surface area contributed by atoms with Crippen LogP contribution in [-0.4, -0.2) is 34.0 Å². The quantitative estimate of drug-likeness (QED) is 0.387. The van der Waals surface area contributed by atoms with Gasteiger partial charge < -0.3 is 4.90 Å². The molecular weight excluding hydrogens is 422 g/mol. The summed E-state index contributed by atoms with van der Waals surface area (Å²) in [7, 11) is 1.85. The molecule has 3 amide bonds. The molecule has 0 saturated carbocycles. The van der Waals surface area contributed by atoms with Gasteiger partial charge in [0.15, 0.2) is 0 Å². The molecule has 0 aliphatic carbocycles. The molecule has 2 heterocycles. The molecule has 7 heteroatoms. The Kier molecular flexibility index (Phi) is 8.62. The van der Waals surface area contributed by atoms with E-state index in [1.807, 2.05) is 43.4 Å². The number of hydrogen-bond donors (Lipinski definition) is 1. The molecule has 0 spiro atoms. The average Bonchev–Trinajstić information content (AvgIpc) is 3.10. The number of pyridine rings is 1. The average molecular weight is 452 g/mol. The van der Waals surface area contributed by atoms with E-state index in [0.717, 1.165) is 47.0 Å². The van der Waals surface area contributed by atoms with Gasteiger partial charge in [-0.3, -0.25) is 24.7 Å². The maximum Gasteiger partial charge on any atom is 0.290 e. The van der Waals surface area contributed by atoms with Crippen LogP contribution in [0.2, 0.25) is 0 Å². The highest BCUT2D eigenvalue weighted by molar-refractivity contribution is 8.18. The van der Waals surface area contributed by atoms with Crippen molar-refractivity contribution in [3.05, 3.63) is 58.6 Å². The van der Waals surface area contributed by atoms with Crippen molar-refractivity contribution in [2.45, 2.75) is 52.0 Å².